The second kappa shape index (κ2) is 11.8. The van der Waals surface area contributed by atoms with Crippen LogP contribution in [0.15, 0.2) is 59.0 Å². The molecule has 5 rings (SSSR count). The van der Waals surface area contributed by atoms with E-state index in [1.165, 1.54) is 0 Å². The number of benzene rings is 2. The molecule has 0 saturated heterocycles. The fraction of sp³-hybridized carbons (Fsp3) is 0.387. The van der Waals surface area contributed by atoms with Crippen LogP contribution in [0.1, 0.15) is 45.6 Å². The van der Waals surface area contributed by atoms with E-state index in [9.17, 15) is 15.0 Å². The van der Waals surface area contributed by atoms with Crippen LogP contribution in [0.4, 0.5) is 16.6 Å². The van der Waals surface area contributed by atoms with Crippen LogP contribution in [0.3, 0.4) is 0 Å². The molecule has 0 bridgehead atoms. The third-order valence-electron chi connectivity index (χ3n) is 7.06. The van der Waals surface area contributed by atoms with Crippen LogP contribution in [-0.2, 0) is 10.3 Å². The van der Waals surface area contributed by atoms with Gasteiger partial charge in [-0.15, -0.1) is 0 Å². The number of hydrogen-bond donors (Lipinski definition) is 5. The topological polar surface area (TPSA) is 142 Å². The van der Waals surface area contributed by atoms with Gasteiger partial charge in [0.1, 0.15) is 17.2 Å². The van der Waals surface area contributed by atoms with Crippen molar-refractivity contribution in [2.24, 2.45) is 0 Å². The van der Waals surface area contributed by atoms with E-state index in [0.717, 1.165) is 41.5 Å². The normalized spacial score (nSPS) is 14.4. The minimum absolute atomic E-state index is 0.0726. The lowest BCUT2D eigenvalue weighted by atomic mass is 9.71. The first kappa shape index (κ1) is 28.4. The quantitative estimate of drug-likeness (QED) is 0.176. The molecule has 1 amide bonds. The smallest absolute Gasteiger partial charge is 0.408 e. The number of rotatable bonds is 10. The number of anilines is 2. The first-order chi connectivity index (χ1) is 19.7. The summed E-state index contributed by atoms with van der Waals surface area (Å²) in [5, 5.41) is 28.8. The van der Waals surface area contributed by atoms with Crippen LogP contribution in [0.25, 0.3) is 33.6 Å². The van der Waals surface area contributed by atoms with E-state index in [-0.39, 0.29) is 19.8 Å². The van der Waals surface area contributed by atoms with Gasteiger partial charge in [0.15, 0.2) is 0 Å². The number of ether oxygens (including phenoxy) is 1. The lowest BCUT2D eigenvalue weighted by Gasteiger charge is -2.43. The van der Waals surface area contributed by atoms with E-state index in [1.54, 1.807) is 0 Å². The summed E-state index contributed by atoms with van der Waals surface area (Å²) in [5.74, 6) is 1.45. The Morgan fingerprint density at radius 1 is 0.951 bits per heavy atom. The number of aliphatic hydroxyl groups is 2. The lowest BCUT2D eigenvalue weighted by Crippen LogP contribution is -2.52. The second-order valence-corrected chi connectivity index (χ2v) is 11.2. The van der Waals surface area contributed by atoms with Crippen molar-refractivity contribution in [3.05, 3.63) is 60.2 Å². The Morgan fingerprint density at radius 3 is 2.24 bits per heavy atom. The van der Waals surface area contributed by atoms with E-state index in [1.807, 2.05) is 75.4 Å². The lowest BCUT2D eigenvalue weighted by molar-refractivity contribution is 0.0377. The van der Waals surface area contributed by atoms with Gasteiger partial charge in [-0.3, -0.25) is 0 Å². The number of carbonyl (C=O) groups excluding carboxylic acids is 1. The second-order valence-electron chi connectivity index (χ2n) is 11.2. The Morgan fingerprint density at radius 2 is 1.63 bits per heavy atom. The van der Waals surface area contributed by atoms with Crippen molar-refractivity contribution in [1.29, 1.82) is 0 Å². The van der Waals surface area contributed by atoms with Crippen molar-refractivity contribution in [3.8, 4) is 22.5 Å². The molecule has 1 aliphatic rings. The van der Waals surface area contributed by atoms with Crippen molar-refractivity contribution in [2.75, 3.05) is 36.9 Å². The van der Waals surface area contributed by atoms with Gasteiger partial charge in [0.25, 0.3) is 0 Å². The first-order valence-corrected chi connectivity index (χ1v) is 13.9. The predicted octanol–water partition coefficient (Wildman–Crippen LogP) is 5.27. The Hall–Kier alpha value is -4.15. The van der Waals surface area contributed by atoms with E-state index in [0.29, 0.717) is 35.2 Å². The maximum atomic E-state index is 12.6. The Bertz CT molecular complexity index is 1490. The molecule has 216 valence electrons. The molecule has 5 N–H and O–H groups in total. The molecule has 2 aromatic carbocycles. The summed E-state index contributed by atoms with van der Waals surface area (Å²) in [6.07, 6.45) is 2.28. The van der Waals surface area contributed by atoms with Crippen LogP contribution in [0.5, 0.6) is 0 Å². The Balaban J connectivity index is 1.57. The van der Waals surface area contributed by atoms with Gasteiger partial charge in [-0.1, -0.05) is 54.6 Å². The molecule has 0 radical (unpaired) electrons. The van der Waals surface area contributed by atoms with Crippen LogP contribution in [0.2, 0.25) is 0 Å². The number of nitrogens with one attached hydrogen (secondary N) is 3. The van der Waals surface area contributed by atoms with Crippen LogP contribution in [0, 0.1) is 0 Å². The van der Waals surface area contributed by atoms with Gasteiger partial charge in [-0.25, -0.2) is 4.79 Å². The summed E-state index contributed by atoms with van der Waals surface area (Å²) in [7, 11) is 0. The molecule has 0 spiro atoms. The number of aliphatic hydroxyl groups excluding tert-OH is 2. The number of amides is 1. The maximum Gasteiger partial charge on any atom is 0.408 e. The minimum Gasteiger partial charge on any atom is -0.444 e. The third-order valence-corrected chi connectivity index (χ3v) is 7.06. The molecule has 1 fully saturated rings. The van der Waals surface area contributed by atoms with E-state index in [4.69, 9.17) is 9.15 Å². The zero-order valence-corrected chi connectivity index (χ0v) is 23.7. The molecule has 41 heavy (non-hydrogen) atoms. The highest BCUT2D eigenvalue weighted by molar-refractivity contribution is 6.06. The SMILES string of the molecule is CC(C)(C)OC(=O)NC1(c2ccc(-c3oc4nc(NCCO)nc(NCCO)c4c3-c3ccccc3)cc2)CCC1. The van der Waals surface area contributed by atoms with Crippen molar-refractivity contribution >= 4 is 29.0 Å². The molecule has 0 aliphatic heterocycles. The van der Waals surface area contributed by atoms with Crippen LogP contribution >= 0.6 is 0 Å². The molecular weight excluding hydrogens is 522 g/mol. The number of nitrogens with zero attached hydrogens (tertiary/aromatic N) is 2. The summed E-state index contributed by atoms with van der Waals surface area (Å²) < 4.78 is 12.0. The maximum absolute atomic E-state index is 12.6. The van der Waals surface area contributed by atoms with Gasteiger partial charge in [0.2, 0.25) is 11.7 Å². The minimum atomic E-state index is -0.574. The summed E-state index contributed by atoms with van der Waals surface area (Å²) in [5.41, 5.74) is 2.95. The Labute approximate surface area is 239 Å². The molecule has 1 saturated carbocycles. The highest BCUT2D eigenvalue weighted by Gasteiger charge is 2.41. The average molecular weight is 560 g/mol. The molecule has 1 aliphatic carbocycles. The van der Waals surface area contributed by atoms with Crippen molar-refractivity contribution in [3.63, 3.8) is 0 Å². The molecule has 0 unspecified atom stereocenters. The fourth-order valence-corrected chi connectivity index (χ4v) is 5.09. The molecule has 10 nitrogen and oxygen atoms in total. The first-order valence-electron chi connectivity index (χ1n) is 13.9. The van der Waals surface area contributed by atoms with Crippen molar-refractivity contribution in [1.82, 2.24) is 15.3 Å². The number of carbonyl (C=O) groups is 1. The predicted molar refractivity (Wildman–Crippen MR) is 159 cm³/mol. The summed E-state index contributed by atoms with van der Waals surface area (Å²) in [6, 6.07) is 17.9. The molecule has 2 heterocycles. The summed E-state index contributed by atoms with van der Waals surface area (Å²) >= 11 is 0. The highest BCUT2D eigenvalue weighted by atomic mass is 16.6. The molecule has 0 atom stereocenters. The standard InChI is InChI=1S/C31H37N5O5/c1-30(2,3)41-29(39)36-31(14-7-15-31)22-12-10-21(11-13-22)25-23(20-8-5-4-6-9-20)24-26(32-16-18-37)34-28(33-17-19-38)35-27(24)40-25/h4-6,8-13,37-38H,7,14-19H2,1-3H3,(H,36,39)(H2,32,33,34,35). The van der Waals surface area contributed by atoms with Gasteiger partial charge < -0.3 is 35.3 Å². The fourth-order valence-electron chi connectivity index (χ4n) is 5.09. The van der Waals surface area contributed by atoms with Crippen LogP contribution < -0.4 is 16.0 Å². The van der Waals surface area contributed by atoms with E-state index in [2.05, 4.69) is 25.9 Å². The largest absolute Gasteiger partial charge is 0.444 e. The van der Waals surface area contributed by atoms with Gasteiger partial charge in [0, 0.05) is 24.2 Å². The van der Waals surface area contributed by atoms with Crippen molar-refractivity contribution < 1.29 is 24.2 Å². The average Bonchev–Trinajstić information content (AvgIpc) is 3.32. The summed E-state index contributed by atoms with van der Waals surface area (Å²) in [6.45, 7) is 5.99. The Kier molecular flexibility index (Phi) is 8.14. The molecular formula is C31H37N5O5. The van der Waals surface area contributed by atoms with E-state index >= 15 is 0 Å². The van der Waals surface area contributed by atoms with Gasteiger partial charge >= 0.3 is 6.09 Å². The number of furan rings is 1. The zero-order valence-electron chi connectivity index (χ0n) is 23.7. The third kappa shape index (κ3) is 6.13. The zero-order chi connectivity index (χ0) is 29.0. The van der Waals surface area contributed by atoms with Crippen LogP contribution in [-0.4, -0.2) is 58.2 Å². The number of aromatic nitrogens is 2. The summed E-state index contributed by atoms with van der Waals surface area (Å²) in [4.78, 5) is 21.8. The number of alkyl carbamates (subject to hydrolysis) is 1. The molecule has 10 heteroatoms. The number of fused-ring (bicyclic) bond motifs is 1. The number of hydrogen-bond acceptors (Lipinski definition) is 9. The van der Waals surface area contributed by atoms with Gasteiger partial charge in [-0.05, 0) is 51.2 Å². The molecule has 4 aromatic rings. The highest BCUT2D eigenvalue weighted by Crippen LogP contribution is 2.45. The monoisotopic (exact) mass is 559 g/mol. The van der Waals surface area contributed by atoms with E-state index < -0.39 is 17.2 Å². The molecule has 2 aromatic heterocycles. The van der Waals surface area contributed by atoms with Gasteiger partial charge in [0.05, 0.1) is 24.1 Å². The van der Waals surface area contributed by atoms with Gasteiger partial charge in [-0.2, -0.15) is 9.97 Å². The van der Waals surface area contributed by atoms with Crippen molar-refractivity contribution in [2.45, 2.75) is 51.2 Å².